The number of nitrogens with zero attached hydrogens (tertiary/aromatic N) is 3. The van der Waals surface area contributed by atoms with E-state index < -0.39 is 15.7 Å². The fourth-order valence-corrected chi connectivity index (χ4v) is 5.79. The molecule has 0 unspecified atom stereocenters. The third-order valence-corrected chi connectivity index (χ3v) is 7.54. The number of rotatable bonds is 8. The highest BCUT2D eigenvalue weighted by atomic mass is 32.2. The second-order valence-corrected chi connectivity index (χ2v) is 10.4. The number of thioether (sulfide) groups is 1. The maximum absolute atomic E-state index is 13.9. The number of halogens is 1. The van der Waals surface area contributed by atoms with E-state index in [0.717, 1.165) is 5.69 Å². The van der Waals surface area contributed by atoms with Crippen molar-refractivity contribution in [2.45, 2.75) is 24.2 Å². The highest BCUT2D eigenvalue weighted by Gasteiger charge is 2.29. The summed E-state index contributed by atoms with van der Waals surface area (Å²) in [6.07, 6.45) is 0.427. The normalized spacial score (nSPS) is 17.2. The minimum Gasteiger partial charge on any atom is -0.483 e. The van der Waals surface area contributed by atoms with E-state index in [-0.39, 0.29) is 41.6 Å². The number of aromatic nitrogens is 3. The van der Waals surface area contributed by atoms with E-state index in [1.165, 1.54) is 23.9 Å². The summed E-state index contributed by atoms with van der Waals surface area (Å²) in [5.74, 6) is -0.0721. The average molecular weight is 477 g/mol. The number of carbonyl (C=O) groups is 1. The van der Waals surface area contributed by atoms with E-state index >= 15 is 0 Å². The fraction of sp³-hybridized carbons (Fsp3) is 0.286. The molecule has 1 aliphatic heterocycles. The van der Waals surface area contributed by atoms with Gasteiger partial charge in [0, 0.05) is 11.7 Å². The molecule has 1 aromatic heterocycles. The van der Waals surface area contributed by atoms with E-state index in [2.05, 4.69) is 15.5 Å². The van der Waals surface area contributed by atoms with Crippen molar-refractivity contribution in [2.24, 2.45) is 0 Å². The van der Waals surface area contributed by atoms with E-state index in [9.17, 15) is 17.6 Å². The van der Waals surface area contributed by atoms with Gasteiger partial charge in [0.1, 0.15) is 6.61 Å². The minimum atomic E-state index is -3.07. The number of ether oxygens (including phenoxy) is 1. The lowest BCUT2D eigenvalue weighted by Gasteiger charge is -2.12. The van der Waals surface area contributed by atoms with Gasteiger partial charge in [-0.15, -0.1) is 10.2 Å². The minimum absolute atomic E-state index is 0.0183. The van der Waals surface area contributed by atoms with E-state index in [4.69, 9.17) is 4.74 Å². The first-order chi connectivity index (χ1) is 15.4. The van der Waals surface area contributed by atoms with Gasteiger partial charge < -0.3 is 10.1 Å². The lowest BCUT2D eigenvalue weighted by molar-refractivity contribution is -0.119. The van der Waals surface area contributed by atoms with Crippen molar-refractivity contribution < 1.29 is 22.3 Å². The van der Waals surface area contributed by atoms with Crippen LogP contribution < -0.4 is 10.1 Å². The van der Waals surface area contributed by atoms with Gasteiger partial charge in [0.2, 0.25) is 5.91 Å². The largest absolute Gasteiger partial charge is 0.483 e. The van der Waals surface area contributed by atoms with Crippen LogP contribution in [0.4, 0.5) is 4.39 Å². The lowest BCUT2D eigenvalue weighted by atomic mass is 10.3. The molecule has 1 fully saturated rings. The predicted octanol–water partition coefficient (Wildman–Crippen LogP) is 2.38. The zero-order valence-electron chi connectivity index (χ0n) is 17.0. The molecule has 1 N–H and O–H groups in total. The number of benzene rings is 2. The molecule has 168 valence electrons. The third kappa shape index (κ3) is 5.46. The zero-order chi connectivity index (χ0) is 22.6. The predicted molar refractivity (Wildman–Crippen MR) is 118 cm³/mol. The molecule has 0 spiro atoms. The molecule has 1 saturated heterocycles. The molecule has 4 rings (SSSR count). The van der Waals surface area contributed by atoms with Crippen LogP contribution >= 0.6 is 11.8 Å². The van der Waals surface area contributed by atoms with Gasteiger partial charge in [-0.2, -0.15) is 0 Å². The van der Waals surface area contributed by atoms with Crippen LogP contribution in [0.2, 0.25) is 0 Å². The summed E-state index contributed by atoms with van der Waals surface area (Å²) in [6.45, 7) is -0.0183. The molecule has 3 aromatic rings. The molecule has 2 heterocycles. The number of nitrogens with one attached hydrogen (secondary N) is 1. The van der Waals surface area contributed by atoms with Gasteiger partial charge in [0.15, 0.2) is 32.4 Å². The van der Waals surface area contributed by atoms with Crippen molar-refractivity contribution >= 4 is 27.5 Å². The van der Waals surface area contributed by atoms with Gasteiger partial charge in [-0.25, -0.2) is 12.8 Å². The quantitative estimate of drug-likeness (QED) is 0.498. The molecular weight excluding hydrogens is 455 g/mol. The van der Waals surface area contributed by atoms with Crippen molar-refractivity contribution in [1.29, 1.82) is 0 Å². The van der Waals surface area contributed by atoms with E-state index in [1.54, 1.807) is 16.7 Å². The summed E-state index contributed by atoms with van der Waals surface area (Å²) in [7, 11) is -3.07. The van der Waals surface area contributed by atoms with Crippen LogP contribution in [0.25, 0.3) is 5.69 Å². The van der Waals surface area contributed by atoms with Crippen LogP contribution in [0.5, 0.6) is 5.75 Å². The molecule has 1 atom stereocenters. The molecular formula is C21H21FN4O4S2. The molecule has 2 aromatic carbocycles. The molecule has 11 heteroatoms. The smallest absolute Gasteiger partial charge is 0.230 e. The Morgan fingerprint density at radius 3 is 2.62 bits per heavy atom. The van der Waals surface area contributed by atoms with Crippen LogP contribution in [0, 0.1) is 5.82 Å². The second-order valence-electron chi connectivity index (χ2n) is 7.25. The molecule has 0 aliphatic carbocycles. The highest BCUT2D eigenvalue weighted by molar-refractivity contribution is 7.99. The molecule has 1 amide bonds. The Balaban J connectivity index is 1.47. The first kappa shape index (κ1) is 22.3. The van der Waals surface area contributed by atoms with Gasteiger partial charge in [-0.3, -0.25) is 9.36 Å². The van der Waals surface area contributed by atoms with Crippen LogP contribution in [0.15, 0.2) is 59.8 Å². The first-order valence-electron chi connectivity index (χ1n) is 9.91. The Morgan fingerprint density at radius 1 is 1.16 bits per heavy atom. The molecule has 0 radical (unpaired) electrons. The number of sulfone groups is 1. The summed E-state index contributed by atoms with van der Waals surface area (Å²) in [4.78, 5) is 12.3. The maximum Gasteiger partial charge on any atom is 0.230 e. The van der Waals surface area contributed by atoms with Crippen LogP contribution in [0.1, 0.15) is 12.2 Å². The van der Waals surface area contributed by atoms with Crippen LogP contribution in [-0.4, -0.2) is 52.4 Å². The summed E-state index contributed by atoms with van der Waals surface area (Å²) in [6, 6.07) is 15.1. The van der Waals surface area contributed by atoms with Crippen LogP contribution in [0.3, 0.4) is 0 Å². The monoisotopic (exact) mass is 476 g/mol. The van der Waals surface area contributed by atoms with Crippen molar-refractivity contribution in [1.82, 2.24) is 20.1 Å². The Bertz CT molecular complexity index is 1200. The van der Waals surface area contributed by atoms with Crippen molar-refractivity contribution in [3.63, 3.8) is 0 Å². The van der Waals surface area contributed by atoms with Gasteiger partial charge in [-0.05, 0) is 30.7 Å². The summed E-state index contributed by atoms with van der Waals surface area (Å²) < 4.78 is 44.4. The molecule has 8 nitrogen and oxygen atoms in total. The Morgan fingerprint density at radius 2 is 1.91 bits per heavy atom. The van der Waals surface area contributed by atoms with Crippen molar-refractivity contribution in [2.75, 3.05) is 17.3 Å². The SMILES string of the molecule is O=C(CSc1nnc(COc2ccccc2F)n1-c1ccccc1)N[C@H]1CCS(=O)(=O)C1. The first-order valence-corrected chi connectivity index (χ1v) is 12.7. The van der Waals surface area contributed by atoms with Gasteiger partial charge in [-0.1, -0.05) is 42.1 Å². The molecule has 0 bridgehead atoms. The molecule has 1 aliphatic rings. The Kier molecular flexibility index (Phi) is 6.75. The topological polar surface area (TPSA) is 103 Å². The van der Waals surface area contributed by atoms with Crippen molar-refractivity contribution in [3.8, 4) is 11.4 Å². The summed E-state index contributed by atoms with van der Waals surface area (Å²) in [5.41, 5.74) is 0.773. The maximum atomic E-state index is 13.9. The Labute approximate surface area is 189 Å². The van der Waals surface area contributed by atoms with Crippen LogP contribution in [-0.2, 0) is 21.2 Å². The average Bonchev–Trinajstić information content (AvgIpc) is 3.34. The standard InChI is InChI=1S/C21H21FN4O4S2/c22-17-8-4-5-9-18(17)30-12-19-24-25-21(26(19)16-6-2-1-3-7-16)31-13-20(27)23-15-10-11-32(28,29)14-15/h1-9,15H,10-14H2,(H,23,27)/t15-/m0/s1. The number of amides is 1. The summed E-state index contributed by atoms with van der Waals surface area (Å²) in [5, 5.41) is 11.6. The van der Waals surface area contributed by atoms with E-state index in [1.807, 2.05) is 30.3 Å². The molecule has 0 saturated carbocycles. The van der Waals surface area contributed by atoms with Gasteiger partial charge >= 0.3 is 0 Å². The number of para-hydroxylation sites is 2. The number of carbonyl (C=O) groups excluding carboxylic acids is 1. The van der Waals surface area contributed by atoms with Gasteiger partial charge in [0.05, 0.1) is 17.3 Å². The fourth-order valence-electron chi connectivity index (χ4n) is 3.34. The third-order valence-electron chi connectivity index (χ3n) is 4.84. The summed E-state index contributed by atoms with van der Waals surface area (Å²) >= 11 is 1.18. The van der Waals surface area contributed by atoms with Gasteiger partial charge in [0.25, 0.3) is 0 Å². The Hall–Kier alpha value is -2.92. The highest BCUT2D eigenvalue weighted by Crippen LogP contribution is 2.24. The lowest BCUT2D eigenvalue weighted by Crippen LogP contribution is -2.36. The zero-order valence-corrected chi connectivity index (χ0v) is 18.6. The van der Waals surface area contributed by atoms with E-state index in [0.29, 0.717) is 17.4 Å². The second kappa shape index (κ2) is 9.70. The molecule has 32 heavy (non-hydrogen) atoms. The number of hydrogen-bond acceptors (Lipinski definition) is 7. The van der Waals surface area contributed by atoms with Crippen molar-refractivity contribution in [3.05, 3.63) is 66.2 Å². The number of hydrogen-bond donors (Lipinski definition) is 1.